The number of piperidine rings is 2. The summed E-state index contributed by atoms with van der Waals surface area (Å²) in [7, 11) is 0. The van der Waals surface area contributed by atoms with E-state index >= 15 is 0 Å². The number of hydrogen-bond donors (Lipinski definition) is 4. The van der Waals surface area contributed by atoms with Crippen LogP contribution in [0.15, 0.2) is 133 Å². The number of halogens is 2. The molecule has 4 heterocycles. The van der Waals surface area contributed by atoms with Crippen molar-refractivity contribution in [2.24, 2.45) is 0 Å². The zero-order chi connectivity index (χ0) is 57.2. The summed E-state index contributed by atoms with van der Waals surface area (Å²) < 4.78 is 0. The molecule has 0 bridgehead atoms. The fourth-order valence-corrected chi connectivity index (χ4v) is 12.9. The van der Waals surface area contributed by atoms with Crippen molar-refractivity contribution in [2.45, 2.75) is 127 Å². The van der Waals surface area contributed by atoms with Gasteiger partial charge >= 0.3 is 0 Å². The minimum Gasteiger partial charge on any atom is -0.350 e. The highest BCUT2D eigenvalue weighted by Gasteiger charge is 2.34. The third-order valence-electron chi connectivity index (χ3n) is 17.5. The van der Waals surface area contributed by atoms with Crippen LogP contribution in [0.25, 0.3) is 21.5 Å². The monoisotopic (exact) mass is 1150 g/mol. The second-order valence-corrected chi connectivity index (χ2v) is 24.1. The highest BCUT2D eigenvalue weighted by molar-refractivity contribution is 6.31. The fourth-order valence-electron chi connectivity index (χ4n) is 12.5. The second kappa shape index (κ2) is 30.6. The van der Waals surface area contributed by atoms with Crippen LogP contribution < -0.4 is 21.3 Å². The average Bonchev–Trinajstić information content (AvgIpc) is 3.80. The number of fused-ring (bicyclic) bond motifs is 2. The predicted molar refractivity (Wildman–Crippen MR) is 335 cm³/mol. The Hall–Kier alpha value is -5.86. The lowest BCUT2D eigenvalue weighted by molar-refractivity contribution is -0.134. The van der Waals surface area contributed by atoms with Gasteiger partial charge in [0.05, 0.1) is 12.1 Å². The largest absolute Gasteiger partial charge is 0.350 e. The molecule has 6 aromatic carbocycles. The van der Waals surface area contributed by atoms with Gasteiger partial charge < -0.3 is 40.9 Å². The van der Waals surface area contributed by atoms with E-state index < -0.39 is 0 Å². The van der Waals surface area contributed by atoms with E-state index in [2.05, 4.69) is 103 Å². The Balaban J connectivity index is 0.000000198. The van der Waals surface area contributed by atoms with Gasteiger partial charge in [-0.1, -0.05) is 135 Å². The van der Waals surface area contributed by atoms with Crippen LogP contribution in [-0.4, -0.2) is 146 Å². The molecule has 0 unspecified atom stereocenters. The summed E-state index contributed by atoms with van der Waals surface area (Å²) in [6.45, 7) is 14.5. The number of carbonyl (C=O) groups excluding carboxylic acids is 4. The quantitative estimate of drug-likeness (QED) is 0.0595. The van der Waals surface area contributed by atoms with Crippen LogP contribution in [0.5, 0.6) is 0 Å². The van der Waals surface area contributed by atoms with Crippen LogP contribution in [0.4, 0.5) is 0 Å². The summed E-state index contributed by atoms with van der Waals surface area (Å²) >= 11 is 12.2. The van der Waals surface area contributed by atoms with Gasteiger partial charge in [0.15, 0.2) is 0 Å². The number of likely N-dealkylation sites (tertiary alicyclic amines) is 2. The zero-order valence-electron chi connectivity index (χ0n) is 48.3. The summed E-state index contributed by atoms with van der Waals surface area (Å²) in [5, 5.41) is 19.0. The Morgan fingerprint density at radius 1 is 0.500 bits per heavy atom. The van der Waals surface area contributed by atoms with E-state index in [1.165, 1.54) is 49.7 Å². The van der Waals surface area contributed by atoms with Crippen LogP contribution in [-0.2, 0) is 9.59 Å². The van der Waals surface area contributed by atoms with Gasteiger partial charge in [-0.3, -0.25) is 19.2 Å². The summed E-state index contributed by atoms with van der Waals surface area (Å²) in [4.78, 5) is 63.2. The normalized spacial score (nSPS) is 21.0. The lowest BCUT2D eigenvalue weighted by atomic mass is 9.95. The first kappa shape index (κ1) is 60.7. The zero-order valence-corrected chi connectivity index (χ0v) is 49.8. The van der Waals surface area contributed by atoms with Gasteiger partial charge in [0, 0.05) is 97.4 Å². The van der Waals surface area contributed by atoms with Crippen LogP contribution in [0.1, 0.15) is 135 Å². The molecule has 14 heteroatoms. The molecule has 4 amide bonds. The maximum atomic E-state index is 13.9. The van der Waals surface area contributed by atoms with Gasteiger partial charge in [0.25, 0.3) is 11.8 Å². The van der Waals surface area contributed by atoms with Crippen LogP contribution in [0, 0.1) is 0 Å². The highest BCUT2D eigenvalue weighted by Crippen LogP contribution is 2.27. The Labute approximate surface area is 497 Å². The van der Waals surface area contributed by atoms with Gasteiger partial charge in [0.1, 0.15) is 0 Å². The molecule has 436 valence electrons. The highest BCUT2D eigenvalue weighted by atomic mass is 35.5. The molecule has 4 saturated heterocycles. The number of amides is 4. The van der Waals surface area contributed by atoms with E-state index in [0.717, 1.165) is 112 Å². The van der Waals surface area contributed by atoms with Crippen LogP contribution >= 0.6 is 23.2 Å². The maximum absolute atomic E-state index is 13.9. The van der Waals surface area contributed by atoms with E-state index in [1.54, 1.807) is 0 Å². The average molecular weight is 1150 g/mol. The van der Waals surface area contributed by atoms with Crippen LogP contribution in [0.3, 0.4) is 0 Å². The molecule has 0 spiro atoms. The summed E-state index contributed by atoms with van der Waals surface area (Å²) in [5.74, 6) is 0.799. The molecule has 0 aliphatic carbocycles. The number of benzene rings is 6. The third-order valence-corrected chi connectivity index (χ3v) is 18.0. The van der Waals surface area contributed by atoms with E-state index in [1.807, 2.05) is 84.9 Å². The molecule has 12 nitrogen and oxygen atoms in total. The van der Waals surface area contributed by atoms with Crippen molar-refractivity contribution in [1.82, 2.24) is 40.9 Å². The number of hydrogen-bond acceptors (Lipinski definition) is 8. The standard InChI is InChI=1S/2C34H43ClN4O2/c2*1-2-25(26-9-5-3-6-10-26)24-39-20-15-31(37-32(34(39)41)16-19-38-17-7-4-8-18-38)23-36-33(40)29-12-11-28-22-30(35)14-13-27(28)21-29/h2*3,5-6,9-14,21-22,25,31-32,37H,2,4,7-8,15-20,23-24H2,1H3,(H,36,40)/t25-,31+,32+;25-,31-,32+/m01/s1. The SMILES string of the molecule is CC[C@@H](CN1CC[C@H](CNC(=O)c2ccc3cc(Cl)ccc3c2)N[C@H](CCN2CCCCC2)C1=O)c1ccccc1.CC[C@H](CN1CC[C@H](CNC(=O)c2ccc3cc(Cl)ccc3c2)N[C@@H](CCN2CCCCC2)C1=O)c1ccccc1. The number of nitrogens with zero attached hydrogens (tertiary/aromatic N) is 4. The molecular formula is C68H86Cl2N8O4. The molecule has 0 saturated carbocycles. The molecule has 0 aromatic heterocycles. The molecule has 6 aromatic rings. The first-order valence-corrected chi connectivity index (χ1v) is 31.3. The molecule has 82 heavy (non-hydrogen) atoms. The lowest BCUT2D eigenvalue weighted by Gasteiger charge is -2.31. The Bertz CT molecular complexity index is 2820. The van der Waals surface area contributed by atoms with E-state index in [-0.39, 0.29) is 47.8 Å². The van der Waals surface area contributed by atoms with Crippen molar-refractivity contribution in [1.29, 1.82) is 0 Å². The number of rotatable bonds is 20. The predicted octanol–water partition coefficient (Wildman–Crippen LogP) is 11.7. The van der Waals surface area contributed by atoms with Gasteiger partial charge in [-0.15, -0.1) is 0 Å². The van der Waals surface area contributed by atoms with Gasteiger partial charge in [-0.05, 0) is 172 Å². The molecule has 4 aliphatic heterocycles. The van der Waals surface area contributed by atoms with Gasteiger partial charge in [-0.2, -0.15) is 0 Å². The smallest absolute Gasteiger partial charge is 0.251 e. The molecule has 0 radical (unpaired) electrons. The van der Waals surface area contributed by atoms with Crippen molar-refractivity contribution in [2.75, 3.05) is 78.5 Å². The lowest BCUT2D eigenvalue weighted by Crippen LogP contribution is -2.50. The fraction of sp³-hybridized carbons (Fsp3) is 0.471. The Morgan fingerprint density at radius 2 is 0.878 bits per heavy atom. The minimum atomic E-state index is -0.250. The van der Waals surface area contributed by atoms with Crippen molar-refractivity contribution in [3.63, 3.8) is 0 Å². The Kier molecular flexibility index (Phi) is 22.7. The Morgan fingerprint density at radius 3 is 1.27 bits per heavy atom. The molecular weight excluding hydrogens is 1060 g/mol. The molecule has 4 N–H and O–H groups in total. The molecule has 4 aliphatic rings. The van der Waals surface area contributed by atoms with Gasteiger partial charge in [-0.25, -0.2) is 0 Å². The topological polar surface area (TPSA) is 129 Å². The second-order valence-electron chi connectivity index (χ2n) is 23.2. The molecule has 4 fully saturated rings. The van der Waals surface area contributed by atoms with Crippen LogP contribution in [0.2, 0.25) is 10.0 Å². The summed E-state index contributed by atoms with van der Waals surface area (Å²) in [6.07, 6.45) is 12.7. The van der Waals surface area contributed by atoms with Crippen molar-refractivity contribution in [3.05, 3.63) is 166 Å². The number of carbonyl (C=O) groups is 4. The molecule has 6 atom stereocenters. The first-order chi connectivity index (χ1) is 40.0. The van der Waals surface area contributed by atoms with Gasteiger partial charge in [0.2, 0.25) is 11.8 Å². The van der Waals surface area contributed by atoms with Crippen molar-refractivity contribution < 1.29 is 19.2 Å². The third kappa shape index (κ3) is 17.1. The van der Waals surface area contributed by atoms with E-state index in [4.69, 9.17) is 23.2 Å². The summed E-state index contributed by atoms with van der Waals surface area (Å²) in [5.41, 5.74) is 3.82. The minimum absolute atomic E-state index is 0.0234. The first-order valence-electron chi connectivity index (χ1n) is 30.6. The molecule has 10 rings (SSSR count). The maximum Gasteiger partial charge on any atom is 0.251 e. The van der Waals surface area contributed by atoms with E-state index in [9.17, 15) is 19.2 Å². The van der Waals surface area contributed by atoms with Crippen molar-refractivity contribution in [3.8, 4) is 0 Å². The number of nitrogens with one attached hydrogen (secondary N) is 4. The van der Waals surface area contributed by atoms with E-state index in [0.29, 0.717) is 59.2 Å². The van der Waals surface area contributed by atoms with Crippen molar-refractivity contribution >= 4 is 68.4 Å². The summed E-state index contributed by atoms with van der Waals surface area (Å²) in [6, 6.07) is 43.4.